The van der Waals surface area contributed by atoms with E-state index in [4.69, 9.17) is 14.2 Å². The second-order valence-electron chi connectivity index (χ2n) is 7.78. The fourth-order valence-electron chi connectivity index (χ4n) is 4.51. The summed E-state index contributed by atoms with van der Waals surface area (Å²) in [6.07, 6.45) is 3.12. The molecule has 0 unspecified atom stereocenters. The van der Waals surface area contributed by atoms with E-state index in [-0.39, 0.29) is 18.6 Å². The van der Waals surface area contributed by atoms with Crippen molar-refractivity contribution in [3.63, 3.8) is 0 Å². The minimum atomic E-state index is -0.719. The van der Waals surface area contributed by atoms with Crippen LogP contribution in [-0.4, -0.2) is 66.7 Å². The molecule has 9 heteroatoms. The lowest BCUT2D eigenvalue weighted by atomic mass is 9.85. The molecule has 0 radical (unpaired) electrons. The monoisotopic (exact) mass is 415 g/mol. The molecular weight excluding hydrogens is 390 g/mol. The molecule has 3 atom stereocenters. The summed E-state index contributed by atoms with van der Waals surface area (Å²) in [5, 5.41) is 2.65. The van der Waals surface area contributed by atoms with E-state index in [1.54, 1.807) is 11.0 Å². The normalized spacial score (nSPS) is 27.7. The van der Waals surface area contributed by atoms with Gasteiger partial charge in [0.1, 0.15) is 12.6 Å². The molecule has 1 spiro atoms. The third-order valence-electron chi connectivity index (χ3n) is 5.96. The second kappa shape index (κ2) is 8.95. The quantitative estimate of drug-likeness (QED) is 0.577. The number of carbonyl (C=O) groups excluding carboxylic acids is 3. The molecule has 9 nitrogen and oxygen atoms in total. The minimum absolute atomic E-state index is 0.137. The number of rotatable bonds is 5. The van der Waals surface area contributed by atoms with E-state index >= 15 is 0 Å². The minimum Gasteiger partial charge on any atom is -0.445 e. The number of likely N-dealkylation sites (tertiary alicyclic amines) is 1. The molecule has 2 saturated heterocycles. The Labute approximate surface area is 174 Å². The molecule has 160 valence electrons. The topological polar surface area (TPSA) is 107 Å². The van der Waals surface area contributed by atoms with Crippen molar-refractivity contribution in [3.05, 3.63) is 35.9 Å². The van der Waals surface area contributed by atoms with E-state index < -0.39 is 24.0 Å². The molecule has 3 aliphatic rings. The Morgan fingerprint density at radius 2 is 2.03 bits per heavy atom. The number of benzene rings is 1. The molecule has 0 bridgehead atoms. The van der Waals surface area contributed by atoms with Gasteiger partial charge in [0.05, 0.1) is 25.3 Å². The van der Waals surface area contributed by atoms with Crippen molar-refractivity contribution < 1.29 is 28.6 Å². The molecule has 1 aliphatic carbocycles. The number of hydrogen-bond acceptors (Lipinski definition) is 7. The molecule has 30 heavy (non-hydrogen) atoms. The van der Waals surface area contributed by atoms with Crippen molar-refractivity contribution in [1.29, 1.82) is 0 Å². The third-order valence-corrected chi connectivity index (χ3v) is 5.96. The van der Waals surface area contributed by atoms with Crippen LogP contribution >= 0.6 is 0 Å². The van der Waals surface area contributed by atoms with Crippen LogP contribution in [0.3, 0.4) is 0 Å². The molecule has 2 amide bonds. The highest BCUT2D eigenvalue weighted by molar-refractivity contribution is 5.87. The first kappa shape index (κ1) is 20.5. The number of alkyl carbamates (subject to hydrolysis) is 1. The van der Waals surface area contributed by atoms with E-state index in [2.05, 4.69) is 10.3 Å². The molecule has 1 aromatic rings. The first-order valence-electron chi connectivity index (χ1n) is 10.2. The molecule has 2 aliphatic heterocycles. The van der Waals surface area contributed by atoms with Gasteiger partial charge in [0, 0.05) is 19.4 Å². The lowest BCUT2D eigenvalue weighted by Gasteiger charge is -2.42. The van der Waals surface area contributed by atoms with Gasteiger partial charge in [-0.05, 0) is 18.4 Å². The molecular formula is C21H25N3O6. The van der Waals surface area contributed by atoms with Gasteiger partial charge in [0.25, 0.3) is 0 Å². The molecule has 1 aromatic carbocycles. The van der Waals surface area contributed by atoms with Gasteiger partial charge in [-0.25, -0.2) is 14.6 Å². The summed E-state index contributed by atoms with van der Waals surface area (Å²) in [6, 6.07) is 7.99. The number of nitrogens with zero attached hydrogens (tertiary/aromatic N) is 2. The maximum absolute atomic E-state index is 12.9. The zero-order chi connectivity index (χ0) is 21.0. The lowest BCUT2D eigenvalue weighted by molar-refractivity contribution is -0.188. The van der Waals surface area contributed by atoms with Crippen LogP contribution in [0, 0.1) is 0 Å². The molecule has 2 heterocycles. The first-order chi connectivity index (χ1) is 14.6. The van der Waals surface area contributed by atoms with Gasteiger partial charge in [-0.2, -0.15) is 0 Å². The maximum atomic E-state index is 12.9. The summed E-state index contributed by atoms with van der Waals surface area (Å²) < 4.78 is 16.7. The maximum Gasteiger partial charge on any atom is 0.408 e. The van der Waals surface area contributed by atoms with Gasteiger partial charge in [-0.1, -0.05) is 30.3 Å². The van der Waals surface area contributed by atoms with E-state index in [9.17, 15) is 14.4 Å². The Hall–Kier alpha value is -2.74. The standard InChI is InChI=1S/C21H25N3O6/c25-14-22-17-12-21(29-10-11-30-21)8-6-18(17)24-9-7-16(19(24)26)23-20(27)28-13-15-4-2-1-3-5-15/h1-5,16-18H,6-13H2,(H,23,27)/t16-,17+,18-/m0/s1. The number of aliphatic imine (C=N–C) groups is 1. The van der Waals surface area contributed by atoms with Crippen molar-refractivity contribution in [2.45, 2.75) is 56.2 Å². The summed E-state index contributed by atoms with van der Waals surface area (Å²) in [6.45, 7) is 1.65. The van der Waals surface area contributed by atoms with Crippen molar-refractivity contribution in [3.8, 4) is 0 Å². The van der Waals surface area contributed by atoms with Gasteiger partial charge in [0.2, 0.25) is 12.0 Å². The second-order valence-corrected chi connectivity index (χ2v) is 7.78. The summed E-state index contributed by atoms with van der Waals surface area (Å²) >= 11 is 0. The number of carbonyl (C=O) groups is 2. The predicted octanol–water partition coefficient (Wildman–Crippen LogP) is 1.51. The van der Waals surface area contributed by atoms with Crippen LogP contribution in [0.1, 0.15) is 31.2 Å². The molecule has 3 fully saturated rings. The zero-order valence-electron chi connectivity index (χ0n) is 16.6. The number of amides is 2. The summed E-state index contributed by atoms with van der Waals surface area (Å²) in [4.78, 5) is 41.7. The van der Waals surface area contributed by atoms with Crippen LogP contribution < -0.4 is 5.32 Å². The van der Waals surface area contributed by atoms with Crippen LogP contribution in [0.2, 0.25) is 0 Å². The molecule has 1 N–H and O–H groups in total. The van der Waals surface area contributed by atoms with E-state index in [1.165, 1.54) is 0 Å². The Balaban J connectivity index is 1.34. The Bertz CT molecular complexity index is 819. The third kappa shape index (κ3) is 4.38. The highest BCUT2D eigenvalue weighted by Gasteiger charge is 2.49. The number of isocyanates is 1. The predicted molar refractivity (Wildman–Crippen MR) is 104 cm³/mol. The van der Waals surface area contributed by atoms with Gasteiger partial charge in [-0.3, -0.25) is 4.79 Å². The highest BCUT2D eigenvalue weighted by atomic mass is 16.7. The zero-order valence-corrected chi connectivity index (χ0v) is 16.6. The first-order valence-corrected chi connectivity index (χ1v) is 10.2. The average molecular weight is 415 g/mol. The van der Waals surface area contributed by atoms with Crippen molar-refractivity contribution >= 4 is 18.1 Å². The number of nitrogens with one attached hydrogen (secondary N) is 1. The van der Waals surface area contributed by atoms with Crippen LogP contribution in [0.25, 0.3) is 0 Å². The summed E-state index contributed by atoms with van der Waals surface area (Å²) in [5.41, 5.74) is 0.870. The molecule has 4 rings (SSSR count). The van der Waals surface area contributed by atoms with Crippen LogP contribution in [0.4, 0.5) is 4.79 Å². The highest BCUT2D eigenvalue weighted by Crippen LogP contribution is 2.39. The van der Waals surface area contributed by atoms with Crippen molar-refractivity contribution in [1.82, 2.24) is 10.2 Å². The Morgan fingerprint density at radius 1 is 1.27 bits per heavy atom. The van der Waals surface area contributed by atoms with E-state index in [1.807, 2.05) is 30.3 Å². The van der Waals surface area contributed by atoms with Crippen LogP contribution in [0.15, 0.2) is 35.3 Å². The van der Waals surface area contributed by atoms with Crippen molar-refractivity contribution in [2.75, 3.05) is 19.8 Å². The van der Waals surface area contributed by atoms with Gasteiger partial charge in [-0.15, -0.1) is 0 Å². The van der Waals surface area contributed by atoms with E-state index in [0.717, 1.165) is 5.56 Å². The van der Waals surface area contributed by atoms with Crippen molar-refractivity contribution in [2.24, 2.45) is 4.99 Å². The van der Waals surface area contributed by atoms with E-state index in [0.29, 0.717) is 45.4 Å². The summed E-state index contributed by atoms with van der Waals surface area (Å²) in [5.74, 6) is -0.907. The molecule has 1 saturated carbocycles. The Morgan fingerprint density at radius 3 is 2.77 bits per heavy atom. The molecule has 0 aromatic heterocycles. The van der Waals surface area contributed by atoms with Gasteiger partial charge in [0.15, 0.2) is 5.79 Å². The van der Waals surface area contributed by atoms with Crippen LogP contribution in [0.5, 0.6) is 0 Å². The fraction of sp³-hybridized carbons (Fsp3) is 0.571. The Kier molecular flexibility index (Phi) is 6.13. The SMILES string of the molecule is O=C=N[C@@H]1CC2(CC[C@@H]1N1CC[C@H](NC(=O)OCc3ccccc3)C1=O)OCCO2. The van der Waals surface area contributed by atoms with Gasteiger partial charge < -0.3 is 24.4 Å². The average Bonchev–Trinajstić information content (AvgIpc) is 3.35. The summed E-state index contributed by atoms with van der Waals surface area (Å²) in [7, 11) is 0. The lowest BCUT2D eigenvalue weighted by Crippen LogP contribution is -2.54. The smallest absolute Gasteiger partial charge is 0.408 e. The number of hydrogen-bond donors (Lipinski definition) is 1. The number of ether oxygens (including phenoxy) is 3. The fourth-order valence-corrected chi connectivity index (χ4v) is 4.51. The largest absolute Gasteiger partial charge is 0.445 e. The van der Waals surface area contributed by atoms with Crippen LogP contribution in [-0.2, 0) is 30.4 Å². The van der Waals surface area contributed by atoms with Gasteiger partial charge >= 0.3 is 6.09 Å².